The van der Waals surface area contributed by atoms with E-state index in [1.807, 2.05) is 32.0 Å². The highest BCUT2D eigenvalue weighted by atomic mass is 19.4. The number of morpholine rings is 1. The van der Waals surface area contributed by atoms with Crippen molar-refractivity contribution in [2.24, 2.45) is 0 Å². The van der Waals surface area contributed by atoms with Crippen LogP contribution >= 0.6 is 0 Å². The molecular weight excluding hydrogens is 485 g/mol. The Bertz CT molecular complexity index is 1160. The summed E-state index contributed by atoms with van der Waals surface area (Å²) in [5, 5.41) is 4.35. The van der Waals surface area contributed by atoms with Crippen LogP contribution in [0, 0.1) is 6.92 Å². The first-order valence-electron chi connectivity index (χ1n) is 13.0. The topological polar surface area (TPSA) is 59.8 Å². The number of alkyl halides is 3. The molecule has 3 heterocycles. The van der Waals surface area contributed by atoms with Crippen LogP contribution in [0.3, 0.4) is 0 Å². The first-order chi connectivity index (χ1) is 17.6. The third kappa shape index (κ3) is 4.63. The van der Waals surface area contributed by atoms with Crippen LogP contribution in [0.4, 0.5) is 13.2 Å². The summed E-state index contributed by atoms with van der Waals surface area (Å²) in [5.74, 6) is 0.0700. The Morgan fingerprint density at radius 1 is 1.16 bits per heavy atom. The summed E-state index contributed by atoms with van der Waals surface area (Å²) in [7, 11) is 1.61. The summed E-state index contributed by atoms with van der Waals surface area (Å²) in [4.78, 5) is 17.9. The maximum atomic E-state index is 14.2. The van der Waals surface area contributed by atoms with Crippen molar-refractivity contribution >= 4 is 5.91 Å². The van der Waals surface area contributed by atoms with E-state index in [1.54, 1.807) is 18.9 Å². The van der Waals surface area contributed by atoms with Crippen molar-refractivity contribution < 1.29 is 27.4 Å². The van der Waals surface area contributed by atoms with Crippen molar-refractivity contribution in [1.82, 2.24) is 19.6 Å². The first kappa shape index (κ1) is 26.0. The van der Waals surface area contributed by atoms with Gasteiger partial charge in [-0.15, -0.1) is 0 Å². The highest BCUT2D eigenvalue weighted by Crippen LogP contribution is 2.47. The van der Waals surface area contributed by atoms with Crippen molar-refractivity contribution in [2.75, 3.05) is 40.0 Å². The molecule has 0 spiro atoms. The average molecular weight is 521 g/mol. The third-order valence-corrected chi connectivity index (χ3v) is 8.30. The van der Waals surface area contributed by atoms with Crippen LogP contribution in [0.2, 0.25) is 0 Å². The molecule has 3 aliphatic rings. The van der Waals surface area contributed by atoms with E-state index < -0.39 is 18.4 Å². The van der Waals surface area contributed by atoms with Crippen molar-refractivity contribution in [3.63, 3.8) is 0 Å². The predicted molar refractivity (Wildman–Crippen MR) is 132 cm³/mol. The quantitative estimate of drug-likeness (QED) is 0.581. The lowest BCUT2D eigenvalue weighted by atomic mass is 9.94. The molecule has 202 valence electrons. The Morgan fingerprint density at radius 3 is 2.57 bits per heavy atom. The molecule has 0 bridgehead atoms. The number of halogens is 3. The summed E-state index contributed by atoms with van der Waals surface area (Å²) >= 11 is 0. The average Bonchev–Trinajstić information content (AvgIpc) is 3.53. The standard InChI is InChI=1S/C27H35F3N4O3/c1-16-14-17(2)24-23(16)26(27(28,29)30)34(31-24)15-22(35)33-9-8-20(32-10-12-37-13-11-32)25(33)19-6-5-7-21(36-4)18(19)3/h5-7,16-17,20,25H,8-15H2,1-4H3/t16-,17+,20-,25-/m1/s1. The highest BCUT2D eigenvalue weighted by molar-refractivity contribution is 5.77. The summed E-state index contributed by atoms with van der Waals surface area (Å²) < 4.78 is 54.7. The van der Waals surface area contributed by atoms with Crippen molar-refractivity contribution in [2.45, 2.75) is 70.3 Å². The first-order valence-corrected chi connectivity index (χ1v) is 13.0. The lowest BCUT2D eigenvalue weighted by Crippen LogP contribution is -2.47. The molecule has 0 radical (unpaired) electrons. The van der Waals surface area contributed by atoms with Crippen molar-refractivity contribution in [3.05, 3.63) is 46.3 Å². The van der Waals surface area contributed by atoms with E-state index in [4.69, 9.17) is 9.47 Å². The number of fused-ring (bicyclic) bond motifs is 1. The fourth-order valence-electron chi connectivity index (χ4n) is 6.63. The second-order valence-electron chi connectivity index (χ2n) is 10.6. The fraction of sp³-hybridized carbons (Fsp3) is 0.630. The SMILES string of the molecule is COc1cccc([C@@H]2[C@H](N3CCOCC3)CCN2C(=O)Cn2nc3c(c2C(F)(F)F)[C@H](C)C[C@@H]3C)c1C. The van der Waals surface area contributed by atoms with Gasteiger partial charge in [0.15, 0.2) is 0 Å². The van der Waals surface area contributed by atoms with E-state index in [0.717, 1.165) is 41.1 Å². The minimum Gasteiger partial charge on any atom is -0.496 e. The lowest BCUT2D eigenvalue weighted by molar-refractivity contribution is -0.146. The van der Waals surface area contributed by atoms with Gasteiger partial charge in [0.1, 0.15) is 18.0 Å². The monoisotopic (exact) mass is 520 g/mol. The van der Waals surface area contributed by atoms with Crippen LogP contribution < -0.4 is 4.74 Å². The number of benzene rings is 1. The molecule has 5 rings (SSSR count). The van der Waals surface area contributed by atoms with E-state index in [1.165, 1.54) is 0 Å². The molecule has 37 heavy (non-hydrogen) atoms. The molecule has 2 aliphatic heterocycles. The minimum absolute atomic E-state index is 0.0448. The lowest BCUT2D eigenvalue weighted by Gasteiger charge is -2.38. The summed E-state index contributed by atoms with van der Waals surface area (Å²) in [6, 6.07) is 5.53. The minimum atomic E-state index is -4.58. The van der Waals surface area contributed by atoms with Crippen LogP contribution in [-0.2, 0) is 22.3 Å². The van der Waals surface area contributed by atoms with Crippen LogP contribution in [0.5, 0.6) is 5.75 Å². The molecule has 2 fully saturated rings. The largest absolute Gasteiger partial charge is 0.496 e. The number of methoxy groups -OCH3 is 1. The van der Waals surface area contributed by atoms with E-state index >= 15 is 0 Å². The number of hydrogen-bond acceptors (Lipinski definition) is 5. The number of hydrogen-bond donors (Lipinski definition) is 0. The van der Waals surface area contributed by atoms with Gasteiger partial charge in [0.05, 0.1) is 32.1 Å². The Morgan fingerprint density at radius 2 is 1.89 bits per heavy atom. The Balaban J connectivity index is 1.50. The normalized spacial score (nSPS) is 26.5. The molecule has 1 amide bonds. The predicted octanol–water partition coefficient (Wildman–Crippen LogP) is 4.50. The van der Waals surface area contributed by atoms with E-state index in [2.05, 4.69) is 10.00 Å². The van der Waals surface area contributed by atoms with Crippen LogP contribution in [-0.4, -0.2) is 71.5 Å². The maximum absolute atomic E-state index is 14.2. The molecule has 4 atom stereocenters. The number of amides is 1. The number of carbonyl (C=O) groups is 1. The van der Waals surface area contributed by atoms with Crippen LogP contribution in [0.15, 0.2) is 18.2 Å². The molecule has 1 aromatic heterocycles. The molecule has 2 saturated heterocycles. The molecule has 0 saturated carbocycles. The van der Waals surface area contributed by atoms with Gasteiger partial charge >= 0.3 is 6.18 Å². The molecular formula is C27H35F3N4O3. The summed E-state index contributed by atoms with van der Waals surface area (Å²) in [6.45, 7) is 8.47. The van der Waals surface area contributed by atoms with Gasteiger partial charge in [0.2, 0.25) is 5.91 Å². The fourth-order valence-corrected chi connectivity index (χ4v) is 6.63. The van der Waals surface area contributed by atoms with Gasteiger partial charge < -0.3 is 14.4 Å². The van der Waals surface area contributed by atoms with Gasteiger partial charge in [-0.2, -0.15) is 18.3 Å². The zero-order chi connectivity index (χ0) is 26.5. The van der Waals surface area contributed by atoms with Gasteiger partial charge in [-0.3, -0.25) is 14.4 Å². The second kappa shape index (κ2) is 9.94. The zero-order valence-electron chi connectivity index (χ0n) is 21.8. The highest BCUT2D eigenvalue weighted by Gasteiger charge is 2.46. The summed E-state index contributed by atoms with van der Waals surface area (Å²) in [5.41, 5.74) is 1.85. The van der Waals surface area contributed by atoms with E-state index in [-0.39, 0.29) is 35.4 Å². The molecule has 1 aliphatic carbocycles. The molecule has 0 N–H and O–H groups in total. The van der Waals surface area contributed by atoms with Crippen molar-refractivity contribution in [3.8, 4) is 5.75 Å². The van der Waals surface area contributed by atoms with Gasteiger partial charge in [0.25, 0.3) is 0 Å². The third-order valence-electron chi connectivity index (χ3n) is 8.30. The Kier molecular flexibility index (Phi) is 7.00. The number of ether oxygens (including phenoxy) is 2. The van der Waals surface area contributed by atoms with Gasteiger partial charge in [-0.1, -0.05) is 26.0 Å². The number of likely N-dealkylation sites (tertiary alicyclic amines) is 1. The Labute approximate surface area is 215 Å². The van der Waals surface area contributed by atoms with Crippen LogP contribution in [0.25, 0.3) is 0 Å². The second-order valence-corrected chi connectivity index (χ2v) is 10.6. The van der Waals surface area contributed by atoms with Gasteiger partial charge in [0, 0.05) is 37.2 Å². The summed E-state index contributed by atoms with van der Waals surface area (Å²) in [6.07, 6.45) is -3.20. The number of rotatable bonds is 5. The number of aromatic nitrogens is 2. The molecule has 0 unspecified atom stereocenters. The van der Waals surface area contributed by atoms with Gasteiger partial charge in [-0.25, -0.2) is 0 Å². The maximum Gasteiger partial charge on any atom is 0.433 e. The van der Waals surface area contributed by atoms with E-state index in [0.29, 0.717) is 31.9 Å². The molecule has 7 nitrogen and oxygen atoms in total. The smallest absolute Gasteiger partial charge is 0.433 e. The van der Waals surface area contributed by atoms with Gasteiger partial charge in [-0.05, 0) is 42.9 Å². The Hall–Kier alpha value is -2.59. The number of nitrogens with zero attached hydrogens (tertiary/aromatic N) is 4. The molecule has 2 aromatic rings. The number of carbonyl (C=O) groups excluding carboxylic acids is 1. The van der Waals surface area contributed by atoms with Crippen molar-refractivity contribution in [1.29, 1.82) is 0 Å². The molecule has 10 heteroatoms. The zero-order valence-corrected chi connectivity index (χ0v) is 21.8. The molecule has 1 aromatic carbocycles. The van der Waals surface area contributed by atoms with Crippen LogP contribution in [0.1, 0.15) is 72.6 Å². The van der Waals surface area contributed by atoms with E-state index in [9.17, 15) is 18.0 Å².